The third-order valence-corrected chi connectivity index (χ3v) is 5.82. The van der Waals surface area contributed by atoms with E-state index in [0.29, 0.717) is 31.0 Å². The number of hydrogen-bond acceptors (Lipinski definition) is 6. The summed E-state index contributed by atoms with van der Waals surface area (Å²) in [6, 6.07) is 7.73. The molecule has 1 amide bonds. The minimum Gasteiger partial charge on any atom is -0.460 e. The maximum absolute atomic E-state index is 12.4. The number of fused-ring (bicyclic) bond motifs is 1. The highest BCUT2D eigenvalue weighted by atomic mass is 16.5. The number of rotatable bonds is 6. The van der Waals surface area contributed by atoms with E-state index in [-0.39, 0.29) is 5.91 Å². The van der Waals surface area contributed by atoms with Gasteiger partial charge in [-0.2, -0.15) is 0 Å². The fraction of sp³-hybridized carbons (Fsp3) is 0.545. The second-order valence-corrected chi connectivity index (χ2v) is 7.77. The van der Waals surface area contributed by atoms with Gasteiger partial charge in [-0.25, -0.2) is 4.79 Å². The van der Waals surface area contributed by atoms with Crippen molar-refractivity contribution in [1.82, 2.24) is 14.7 Å². The van der Waals surface area contributed by atoms with Crippen LogP contribution in [0.5, 0.6) is 0 Å². The number of furan rings is 1. The molecule has 2 saturated heterocycles. The van der Waals surface area contributed by atoms with E-state index >= 15 is 0 Å². The number of para-hydroxylation sites is 1. The number of carbonyl (C=O) groups is 2. The average Bonchev–Trinajstić information content (AvgIpc) is 3.38. The maximum atomic E-state index is 12.4. The van der Waals surface area contributed by atoms with Gasteiger partial charge in [-0.1, -0.05) is 18.2 Å². The van der Waals surface area contributed by atoms with Gasteiger partial charge in [0.25, 0.3) is 0 Å². The van der Waals surface area contributed by atoms with Gasteiger partial charge >= 0.3 is 5.97 Å². The molecule has 7 heteroatoms. The second kappa shape index (κ2) is 8.97. The highest BCUT2D eigenvalue weighted by molar-refractivity contribution is 5.96. The number of amides is 1. The van der Waals surface area contributed by atoms with E-state index in [0.717, 1.165) is 63.1 Å². The molecule has 0 saturated carbocycles. The highest BCUT2D eigenvalue weighted by Gasteiger charge is 2.27. The Bertz CT molecular complexity index is 864. The van der Waals surface area contributed by atoms with E-state index in [2.05, 4.69) is 9.80 Å². The van der Waals surface area contributed by atoms with E-state index in [1.54, 1.807) is 6.92 Å². The Morgan fingerprint density at radius 1 is 1.00 bits per heavy atom. The molecular formula is C22H29N3O4. The molecule has 0 spiro atoms. The van der Waals surface area contributed by atoms with E-state index < -0.39 is 5.97 Å². The Labute approximate surface area is 171 Å². The number of piperazine rings is 1. The van der Waals surface area contributed by atoms with Crippen molar-refractivity contribution in [3.05, 3.63) is 35.6 Å². The summed E-state index contributed by atoms with van der Waals surface area (Å²) in [4.78, 5) is 31.3. The molecule has 2 aromatic rings. The van der Waals surface area contributed by atoms with Crippen molar-refractivity contribution in [2.45, 2.75) is 26.3 Å². The molecule has 0 unspecified atom stereocenters. The monoisotopic (exact) mass is 399 g/mol. The average molecular weight is 399 g/mol. The first-order valence-corrected chi connectivity index (χ1v) is 10.6. The van der Waals surface area contributed by atoms with Crippen LogP contribution < -0.4 is 0 Å². The molecule has 1 aromatic heterocycles. The van der Waals surface area contributed by atoms with Crippen LogP contribution in [0.1, 0.15) is 35.9 Å². The van der Waals surface area contributed by atoms with Gasteiger partial charge in [0.2, 0.25) is 11.7 Å². The first kappa shape index (κ1) is 19.9. The molecule has 0 aliphatic carbocycles. The number of ether oxygens (including phenoxy) is 1. The number of esters is 1. The minimum absolute atomic E-state index is 0.251. The molecule has 7 nitrogen and oxygen atoms in total. The number of benzene rings is 1. The lowest BCUT2D eigenvalue weighted by Crippen LogP contribution is -2.49. The van der Waals surface area contributed by atoms with Crippen LogP contribution >= 0.6 is 0 Å². The second-order valence-electron chi connectivity index (χ2n) is 7.77. The molecule has 29 heavy (non-hydrogen) atoms. The topological polar surface area (TPSA) is 66.2 Å². The van der Waals surface area contributed by atoms with Crippen LogP contribution in [0.2, 0.25) is 0 Å². The Kier molecular flexibility index (Phi) is 6.16. The highest BCUT2D eigenvalue weighted by Crippen LogP contribution is 2.28. The summed E-state index contributed by atoms with van der Waals surface area (Å²) in [5, 5.41) is 0.960. The normalized spacial score (nSPS) is 18.4. The van der Waals surface area contributed by atoms with Crippen molar-refractivity contribution >= 4 is 22.8 Å². The van der Waals surface area contributed by atoms with Crippen LogP contribution in [0.4, 0.5) is 0 Å². The first-order chi connectivity index (χ1) is 14.2. The fourth-order valence-corrected chi connectivity index (χ4v) is 4.20. The molecular weight excluding hydrogens is 370 g/mol. The molecule has 0 atom stereocenters. The van der Waals surface area contributed by atoms with Crippen molar-refractivity contribution in [3.8, 4) is 0 Å². The number of hydrogen-bond donors (Lipinski definition) is 0. The Hall–Kier alpha value is -2.38. The standard InChI is InChI=1S/C22H29N3O4/c1-2-28-22(27)21-18(17-7-3-4-8-19(17)29-21)15-23-11-13-24(14-12-23)16-20(26)25-9-5-6-10-25/h3-4,7-8H,2,5-6,9-16H2,1H3. The van der Waals surface area contributed by atoms with Gasteiger partial charge in [0.15, 0.2) is 0 Å². The largest absolute Gasteiger partial charge is 0.460 e. The molecule has 2 fully saturated rings. The zero-order valence-electron chi connectivity index (χ0n) is 17.1. The van der Waals surface area contributed by atoms with Crippen LogP contribution in [-0.2, 0) is 16.1 Å². The lowest BCUT2D eigenvalue weighted by Gasteiger charge is -2.35. The van der Waals surface area contributed by atoms with E-state index in [1.807, 2.05) is 29.2 Å². The van der Waals surface area contributed by atoms with Gasteiger partial charge in [-0.05, 0) is 25.8 Å². The zero-order valence-corrected chi connectivity index (χ0v) is 17.1. The molecule has 4 rings (SSSR count). The van der Waals surface area contributed by atoms with Crippen LogP contribution in [0.25, 0.3) is 11.0 Å². The van der Waals surface area contributed by atoms with Crippen molar-refractivity contribution in [1.29, 1.82) is 0 Å². The fourth-order valence-electron chi connectivity index (χ4n) is 4.20. The molecule has 156 valence electrons. The SMILES string of the molecule is CCOC(=O)c1oc2ccccc2c1CN1CCN(CC(=O)N2CCCC2)CC1. The molecule has 0 bridgehead atoms. The molecule has 2 aliphatic heterocycles. The van der Waals surface area contributed by atoms with Crippen LogP contribution in [0.3, 0.4) is 0 Å². The van der Waals surface area contributed by atoms with Gasteiger partial charge in [0.1, 0.15) is 5.58 Å². The third kappa shape index (κ3) is 4.46. The molecule has 3 heterocycles. The van der Waals surface area contributed by atoms with E-state index in [4.69, 9.17) is 9.15 Å². The predicted molar refractivity (Wildman–Crippen MR) is 110 cm³/mol. The van der Waals surface area contributed by atoms with Gasteiger partial charge in [-0.15, -0.1) is 0 Å². The lowest BCUT2D eigenvalue weighted by atomic mass is 10.1. The van der Waals surface area contributed by atoms with Gasteiger partial charge in [-0.3, -0.25) is 14.6 Å². The Balaban J connectivity index is 1.40. The Morgan fingerprint density at radius 2 is 1.69 bits per heavy atom. The van der Waals surface area contributed by atoms with Crippen LogP contribution in [0, 0.1) is 0 Å². The van der Waals surface area contributed by atoms with Crippen molar-refractivity contribution in [2.75, 3.05) is 52.4 Å². The smallest absolute Gasteiger partial charge is 0.374 e. The summed E-state index contributed by atoms with van der Waals surface area (Å²) in [7, 11) is 0. The summed E-state index contributed by atoms with van der Waals surface area (Å²) >= 11 is 0. The Morgan fingerprint density at radius 3 is 2.41 bits per heavy atom. The summed E-state index contributed by atoms with van der Waals surface area (Å²) in [5.41, 5.74) is 1.60. The molecule has 0 radical (unpaired) electrons. The molecule has 2 aliphatic rings. The van der Waals surface area contributed by atoms with E-state index in [1.165, 1.54) is 0 Å². The van der Waals surface area contributed by atoms with E-state index in [9.17, 15) is 9.59 Å². The number of likely N-dealkylation sites (tertiary alicyclic amines) is 1. The summed E-state index contributed by atoms with van der Waals surface area (Å²) < 4.78 is 11.0. The lowest BCUT2D eigenvalue weighted by molar-refractivity contribution is -0.131. The molecule has 1 aromatic carbocycles. The van der Waals surface area contributed by atoms with Crippen molar-refractivity contribution < 1.29 is 18.7 Å². The number of carbonyl (C=O) groups excluding carboxylic acids is 2. The van der Waals surface area contributed by atoms with Gasteiger partial charge in [0.05, 0.1) is 13.2 Å². The van der Waals surface area contributed by atoms with Gasteiger partial charge < -0.3 is 14.1 Å². The van der Waals surface area contributed by atoms with Crippen molar-refractivity contribution in [2.24, 2.45) is 0 Å². The first-order valence-electron chi connectivity index (χ1n) is 10.6. The number of nitrogens with zero attached hydrogens (tertiary/aromatic N) is 3. The predicted octanol–water partition coefficient (Wildman–Crippen LogP) is 2.35. The maximum Gasteiger partial charge on any atom is 0.374 e. The zero-order chi connectivity index (χ0) is 20.2. The van der Waals surface area contributed by atoms with Crippen LogP contribution in [-0.4, -0.2) is 79.0 Å². The van der Waals surface area contributed by atoms with Crippen LogP contribution in [0.15, 0.2) is 28.7 Å². The summed E-state index contributed by atoms with van der Waals surface area (Å²) in [6.07, 6.45) is 2.25. The third-order valence-electron chi connectivity index (χ3n) is 5.82. The van der Waals surface area contributed by atoms with Crippen molar-refractivity contribution in [3.63, 3.8) is 0 Å². The summed E-state index contributed by atoms with van der Waals surface area (Å²) in [6.45, 7) is 8.49. The minimum atomic E-state index is -0.409. The quantitative estimate of drug-likeness (QED) is 0.695. The summed E-state index contributed by atoms with van der Waals surface area (Å²) in [5.74, 6) is 0.148. The van der Waals surface area contributed by atoms with Gasteiger partial charge in [0, 0.05) is 56.8 Å². The molecule has 0 N–H and O–H groups in total.